The molecular formula is C19H28O9Si. The Morgan fingerprint density at radius 1 is 1.00 bits per heavy atom. The Bertz CT molecular complexity index is 695. The molecule has 0 saturated carbocycles. The first-order chi connectivity index (χ1) is 13.4. The molecule has 0 N–H and O–H groups in total. The summed E-state index contributed by atoms with van der Waals surface area (Å²) in [5.41, 5.74) is 0. The summed E-state index contributed by atoms with van der Waals surface area (Å²) in [6.07, 6.45) is 2.31. The highest BCUT2D eigenvalue weighted by Gasteiger charge is 2.38. The Morgan fingerprint density at radius 2 is 1.59 bits per heavy atom. The maximum absolute atomic E-state index is 12.0. The van der Waals surface area contributed by atoms with Gasteiger partial charge in [0.2, 0.25) is 5.76 Å². The number of methoxy groups -OCH3 is 2. The molecule has 0 aromatic heterocycles. The van der Waals surface area contributed by atoms with Crippen molar-refractivity contribution in [3.05, 3.63) is 30.2 Å². The third-order valence-corrected chi connectivity index (χ3v) is 8.66. The van der Waals surface area contributed by atoms with Gasteiger partial charge in [-0.15, -0.1) is 0 Å². The van der Waals surface area contributed by atoms with Crippen LogP contribution in [0.3, 0.4) is 0 Å². The van der Waals surface area contributed by atoms with Crippen LogP contribution in [0.5, 0.6) is 0 Å². The van der Waals surface area contributed by atoms with E-state index in [-0.39, 0.29) is 11.6 Å². The summed E-state index contributed by atoms with van der Waals surface area (Å²) >= 11 is 0. The van der Waals surface area contributed by atoms with Gasteiger partial charge in [-0.2, -0.15) is 0 Å². The first-order valence-corrected chi connectivity index (χ1v) is 11.6. The molecule has 0 amide bonds. The van der Waals surface area contributed by atoms with Crippen molar-refractivity contribution in [1.82, 2.24) is 0 Å². The van der Waals surface area contributed by atoms with Crippen LogP contribution in [-0.2, 0) is 42.6 Å². The Labute approximate surface area is 171 Å². The third-order valence-electron chi connectivity index (χ3n) is 4.16. The fourth-order valence-electron chi connectivity index (χ4n) is 1.47. The normalized spacial score (nSPS) is 12.9. The van der Waals surface area contributed by atoms with Crippen LogP contribution in [0.15, 0.2) is 30.2 Å². The first-order valence-electron chi connectivity index (χ1n) is 8.64. The van der Waals surface area contributed by atoms with Crippen LogP contribution in [0.4, 0.5) is 0 Å². The molecule has 0 radical (unpaired) electrons. The van der Waals surface area contributed by atoms with E-state index < -0.39 is 38.1 Å². The molecule has 0 heterocycles. The molecule has 0 aromatic rings. The van der Waals surface area contributed by atoms with E-state index >= 15 is 0 Å². The van der Waals surface area contributed by atoms with Crippen molar-refractivity contribution in [1.29, 1.82) is 0 Å². The van der Waals surface area contributed by atoms with E-state index in [9.17, 15) is 19.2 Å². The van der Waals surface area contributed by atoms with Gasteiger partial charge in [-0.3, -0.25) is 0 Å². The minimum absolute atomic E-state index is 0.157. The van der Waals surface area contributed by atoms with Crippen LogP contribution in [-0.4, -0.2) is 59.1 Å². The topological polar surface area (TPSA) is 114 Å². The van der Waals surface area contributed by atoms with Gasteiger partial charge in [0.15, 0.2) is 20.4 Å². The highest BCUT2D eigenvalue weighted by Crippen LogP contribution is 2.36. The summed E-state index contributed by atoms with van der Waals surface area (Å²) in [4.78, 5) is 46.2. The Balaban J connectivity index is 5.51. The molecule has 0 rings (SSSR count). The maximum atomic E-state index is 12.0. The number of carbonyl (C=O) groups excluding carboxylic acids is 4. The summed E-state index contributed by atoms with van der Waals surface area (Å²) in [5, 5.41) is -0.157. The number of hydrogen-bond donors (Lipinski definition) is 0. The smallest absolute Gasteiger partial charge is 0.339 e. The molecule has 1 unspecified atom stereocenters. The zero-order chi connectivity index (χ0) is 22.7. The molecular weight excluding hydrogens is 400 g/mol. The zero-order valence-electron chi connectivity index (χ0n) is 17.8. The van der Waals surface area contributed by atoms with Crippen LogP contribution < -0.4 is 0 Å². The second-order valence-electron chi connectivity index (χ2n) is 7.28. The maximum Gasteiger partial charge on any atom is 0.339 e. The lowest BCUT2D eigenvalue weighted by atomic mass is 10.2. The molecule has 162 valence electrons. The summed E-state index contributed by atoms with van der Waals surface area (Å²) in [5.74, 6) is -1.77. The number of rotatable bonds is 10. The molecule has 0 aliphatic carbocycles. The van der Waals surface area contributed by atoms with Crippen molar-refractivity contribution in [2.75, 3.05) is 20.8 Å². The average Bonchev–Trinajstić information content (AvgIpc) is 2.64. The van der Waals surface area contributed by atoms with E-state index in [0.717, 1.165) is 31.6 Å². The monoisotopic (exact) mass is 428 g/mol. The predicted molar refractivity (Wildman–Crippen MR) is 106 cm³/mol. The summed E-state index contributed by atoms with van der Waals surface area (Å²) < 4.78 is 25.0. The zero-order valence-corrected chi connectivity index (χ0v) is 18.8. The van der Waals surface area contributed by atoms with Crippen LogP contribution in [0.1, 0.15) is 20.8 Å². The molecule has 0 fully saturated rings. The molecule has 0 bridgehead atoms. The highest BCUT2D eigenvalue weighted by molar-refractivity contribution is 6.74. The van der Waals surface area contributed by atoms with E-state index in [4.69, 9.17) is 13.9 Å². The van der Waals surface area contributed by atoms with Gasteiger partial charge in [-0.05, 0) is 18.1 Å². The molecule has 0 aliphatic rings. The largest absolute Gasteiger partial charge is 0.504 e. The summed E-state index contributed by atoms with van der Waals surface area (Å²) in [6, 6.07) is 0. The Morgan fingerprint density at radius 3 is 2.07 bits per heavy atom. The molecule has 29 heavy (non-hydrogen) atoms. The lowest BCUT2D eigenvalue weighted by Crippen LogP contribution is -2.43. The van der Waals surface area contributed by atoms with Crippen LogP contribution in [0.25, 0.3) is 0 Å². The summed E-state index contributed by atoms with van der Waals surface area (Å²) in [7, 11) is 0.190. The summed E-state index contributed by atoms with van der Waals surface area (Å²) in [6.45, 7) is 9.70. The van der Waals surface area contributed by atoms with Crippen molar-refractivity contribution in [2.24, 2.45) is 0 Å². The molecule has 9 nitrogen and oxygen atoms in total. The predicted octanol–water partition coefficient (Wildman–Crippen LogP) is 2.07. The van der Waals surface area contributed by atoms with Gasteiger partial charge in [0.1, 0.15) is 0 Å². The molecule has 0 aromatic carbocycles. The van der Waals surface area contributed by atoms with E-state index in [2.05, 4.69) is 9.47 Å². The van der Waals surface area contributed by atoms with Gasteiger partial charge in [-0.1, -0.05) is 20.8 Å². The number of esters is 3. The van der Waals surface area contributed by atoms with Gasteiger partial charge < -0.3 is 23.4 Å². The number of hydrogen-bond acceptors (Lipinski definition) is 9. The second-order valence-corrected chi connectivity index (χ2v) is 12.1. The molecule has 1 atom stereocenters. The SMILES string of the molecule is CO/C=C/C(=O)OC(=C=O)C(CO[Si](C)(C)C(C)(C)C)OC(=O)/C=C/C(=O)OC. The van der Waals surface area contributed by atoms with E-state index in [1.807, 2.05) is 33.9 Å². The Kier molecular flexibility index (Phi) is 10.9. The van der Waals surface area contributed by atoms with Gasteiger partial charge >= 0.3 is 17.9 Å². The van der Waals surface area contributed by atoms with Crippen molar-refractivity contribution < 1.29 is 42.6 Å². The third kappa shape index (κ3) is 9.88. The van der Waals surface area contributed by atoms with Crippen molar-refractivity contribution in [3.63, 3.8) is 0 Å². The lowest BCUT2D eigenvalue weighted by Gasteiger charge is -2.37. The van der Waals surface area contributed by atoms with Crippen LogP contribution in [0.2, 0.25) is 18.1 Å². The minimum Gasteiger partial charge on any atom is -0.504 e. The molecule has 10 heteroatoms. The van der Waals surface area contributed by atoms with Gasteiger partial charge in [0.05, 0.1) is 33.2 Å². The first kappa shape index (κ1) is 26.3. The highest BCUT2D eigenvalue weighted by atomic mass is 28.4. The van der Waals surface area contributed by atoms with Crippen LogP contribution >= 0.6 is 0 Å². The van der Waals surface area contributed by atoms with Crippen molar-refractivity contribution in [3.8, 4) is 0 Å². The van der Waals surface area contributed by atoms with E-state index in [1.165, 1.54) is 13.1 Å². The van der Waals surface area contributed by atoms with Gasteiger partial charge in [0.25, 0.3) is 0 Å². The van der Waals surface area contributed by atoms with Gasteiger partial charge in [-0.25, -0.2) is 19.2 Å². The Hall–Kier alpha value is -2.68. The fraction of sp³-hybridized carbons (Fsp3) is 0.526. The van der Waals surface area contributed by atoms with E-state index in [0.29, 0.717) is 0 Å². The lowest BCUT2D eigenvalue weighted by molar-refractivity contribution is -0.148. The van der Waals surface area contributed by atoms with Crippen LogP contribution in [0, 0.1) is 0 Å². The quantitative estimate of drug-likeness (QED) is 0.129. The average molecular weight is 429 g/mol. The second kappa shape index (κ2) is 12.0. The standard InChI is InChI=1S/C19H28O9Si/c1-19(2,3)29(6,7)26-13-15(28-17(22)9-8-16(21)25-5)14(12-20)27-18(23)10-11-24-4/h8-11,15H,13H2,1-7H3/b9-8+,11-10+. The van der Waals surface area contributed by atoms with Crippen molar-refractivity contribution in [2.45, 2.75) is 45.0 Å². The molecule has 0 spiro atoms. The van der Waals surface area contributed by atoms with Gasteiger partial charge in [0, 0.05) is 12.2 Å². The minimum atomic E-state index is -2.28. The fourth-order valence-corrected chi connectivity index (χ4v) is 2.47. The van der Waals surface area contributed by atoms with E-state index in [1.54, 1.807) is 0 Å². The molecule has 0 aliphatic heterocycles. The number of ether oxygens (including phenoxy) is 4. The molecule has 0 saturated heterocycles. The van der Waals surface area contributed by atoms with Crippen molar-refractivity contribution >= 4 is 32.2 Å². The number of carbonyl (C=O) groups is 3.